The third kappa shape index (κ3) is 3.13. The molecule has 1 heterocycles. The van der Waals surface area contributed by atoms with Gasteiger partial charge in [0.2, 0.25) is 5.91 Å². The predicted molar refractivity (Wildman–Crippen MR) is 93.8 cm³/mol. The Morgan fingerprint density at radius 1 is 1.28 bits per heavy atom. The Bertz CT molecular complexity index is 697. The molecule has 0 saturated carbocycles. The summed E-state index contributed by atoms with van der Waals surface area (Å²) in [6.45, 7) is 3.50. The Morgan fingerprint density at radius 2 is 2.00 bits per heavy atom. The molecule has 1 aromatic rings. The molecule has 1 aliphatic heterocycles. The number of rotatable bonds is 5. The Labute approximate surface area is 148 Å². The number of hydrogen-bond donors (Lipinski definition) is 2. The number of hydrogen-bond acceptors (Lipinski definition) is 3. The van der Waals surface area contributed by atoms with Gasteiger partial charge < -0.3 is 10.6 Å². The van der Waals surface area contributed by atoms with Crippen LogP contribution in [0.15, 0.2) is 24.3 Å². The van der Waals surface area contributed by atoms with Crippen molar-refractivity contribution in [1.82, 2.24) is 15.5 Å². The first kappa shape index (κ1) is 17.5. The molecule has 2 aliphatic rings. The van der Waals surface area contributed by atoms with Crippen LogP contribution in [0.4, 0.5) is 4.79 Å². The first-order chi connectivity index (χ1) is 12.0. The summed E-state index contributed by atoms with van der Waals surface area (Å²) in [6.07, 6.45) is 3.94. The summed E-state index contributed by atoms with van der Waals surface area (Å²) >= 11 is 0. The van der Waals surface area contributed by atoms with E-state index in [9.17, 15) is 14.4 Å². The summed E-state index contributed by atoms with van der Waals surface area (Å²) in [5, 5.41) is 5.74. The molecule has 0 radical (unpaired) electrons. The van der Waals surface area contributed by atoms with E-state index >= 15 is 0 Å². The number of imide groups is 1. The molecule has 3 rings (SSSR count). The minimum absolute atomic E-state index is 0.0553. The first-order valence-electron chi connectivity index (χ1n) is 9.02. The zero-order valence-corrected chi connectivity index (χ0v) is 14.8. The zero-order valence-electron chi connectivity index (χ0n) is 14.8. The van der Waals surface area contributed by atoms with Crippen LogP contribution in [0.5, 0.6) is 0 Å². The highest BCUT2D eigenvalue weighted by Crippen LogP contribution is 2.29. The second-order valence-electron chi connectivity index (χ2n) is 6.82. The Kier molecular flexibility index (Phi) is 4.79. The van der Waals surface area contributed by atoms with E-state index in [2.05, 4.69) is 16.7 Å². The largest absolute Gasteiger partial charge is 0.348 e. The molecule has 1 fully saturated rings. The van der Waals surface area contributed by atoms with E-state index in [1.807, 2.05) is 32.0 Å². The second-order valence-corrected chi connectivity index (χ2v) is 6.82. The van der Waals surface area contributed by atoms with Gasteiger partial charge in [-0.25, -0.2) is 4.79 Å². The van der Waals surface area contributed by atoms with Crippen molar-refractivity contribution in [1.29, 1.82) is 0 Å². The highest BCUT2D eigenvalue weighted by molar-refractivity contribution is 6.09. The average molecular weight is 343 g/mol. The van der Waals surface area contributed by atoms with Crippen LogP contribution in [0.25, 0.3) is 0 Å². The van der Waals surface area contributed by atoms with E-state index < -0.39 is 11.6 Å². The molecule has 0 bridgehead atoms. The van der Waals surface area contributed by atoms with Crippen LogP contribution >= 0.6 is 0 Å². The van der Waals surface area contributed by atoms with Crippen molar-refractivity contribution < 1.29 is 14.4 Å². The quantitative estimate of drug-likeness (QED) is 0.805. The van der Waals surface area contributed by atoms with Crippen molar-refractivity contribution in [2.45, 2.75) is 57.5 Å². The van der Waals surface area contributed by atoms with Gasteiger partial charge in [0.1, 0.15) is 12.1 Å². The summed E-state index contributed by atoms with van der Waals surface area (Å²) in [7, 11) is 0. The maximum absolute atomic E-state index is 12.6. The second kappa shape index (κ2) is 6.86. The molecule has 6 heteroatoms. The molecule has 1 saturated heterocycles. The van der Waals surface area contributed by atoms with Gasteiger partial charge in [-0.2, -0.15) is 0 Å². The normalized spacial score (nSPS) is 21.7. The number of carbonyl (C=O) groups is 3. The van der Waals surface area contributed by atoms with Crippen LogP contribution in [0.1, 0.15) is 56.7 Å². The summed E-state index contributed by atoms with van der Waals surface area (Å²) < 4.78 is 0. The molecule has 0 spiro atoms. The van der Waals surface area contributed by atoms with Gasteiger partial charge in [-0.1, -0.05) is 38.1 Å². The Balaban J connectivity index is 1.68. The first-order valence-corrected chi connectivity index (χ1v) is 9.02. The fraction of sp³-hybridized carbons (Fsp3) is 0.526. The zero-order chi connectivity index (χ0) is 18.0. The molecule has 4 amide bonds. The number of urea groups is 1. The highest BCUT2D eigenvalue weighted by atomic mass is 16.2. The fourth-order valence-corrected chi connectivity index (χ4v) is 3.84. The van der Waals surface area contributed by atoms with E-state index in [-0.39, 0.29) is 24.4 Å². The Morgan fingerprint density at radius 3 is 2.68 bits per heavy atom. The van der Waals surface area contributed by atoms with Crippen molar-refractivity contribution >= 4 is 17.8 Å². The van der Waals surface area contributed by atoms with E-state index in [1.165, 1.54) is 5.56 Å². The number of amides is 4. The maximum Gasteiger partial charge on any atom is 0.325 e. The predicted octanol–water partition coefficient (Wildman–Crippen LogP) is 2.29. The molecular formula is C19H25N3O3. The molecule has 1 aliphatic carbocycles. The lowest BCUT2D eigenvalue weighted by molar-refractivity contribution is -0.135. The van der Waals surface area contributed by atoms with Gasteiger partial charge in [-0.05, 0) is 43.2 Å². The smallest absolute Gasteiger partial charge is 0.325 e. The molecule has 134 valence electrons. The molecule has 6 nitrogen and oxygen atoms in total. The SMILES string of the molecule is CCC1(CC)NC(=O)N(CC(=O)N[C@H]2CCCc3ccccc32)C1=O. The van der Waals surface area contributed by atoms with Gasteiger partial charge in [-0.3, -0.25) is 14.5 Å². The molecule has 1 atom stereocenters. The van der Waals surface area contributed by atoms with Crippen molar-refractivity contribution in [3.8, 4) is 0 Å². The van der Waals surface area contributed by atoms with Crippen LogP contribution in [0, 0.1) is 0 Å². The standard InChI is InChI=1S/C19H25N3O3/c1-3-19(4-2)17(24)22(18(25)21-19)12-16(23)20-15-11-7-9-13-8-5-6-10-14(13)15/h5-6,8,10,15H,3-4,7,9,11-12H2,1-2H3,(H,20,23)(H,21,25)/t15-/m0/s1. The van der Waals surface area contributed by atoms with Gasteiger partial charge in [0.15, 0.2) is 0 Å². The topological polar surface area (TPSA) is 78.5 Å². The molecule has 0 unspecified atom stereocenters. The van der Waals surface area contributed by atoms with E-state index in [1.54, 1.807) is 0 Å². The summed E-state index contributed by atoms with van der Waals surface area (Å²) in [4.78, 5) is 38.3. The number of carbonyl (C=O) groups excluding carboxylic acids is 3. The third-order valence-corrected chi connectivity index (χ3v) is 5.46. The monoisotopic (exact) mass is 343 g/mol. The van der Waals surface area contributed by atoms with Crippen molar-refractivity contribution in [2.75, 3.05) is 6.54 Å². The van der Waals surface area contributed by atoms with Gasteiger partial charge in [0.05, 0.1) is 6.04 Å². The van der Waals surface area contributed by atoms with E-state index in [0.717, 1.165) is 29.7 Å². The summed E-state index contributed by atoms with van der Waals surface area (Å²) in [6, 6.07) is 7.56. The number of aryl methyl sites for hydroxylation is 1. The fourth-order valence-electron chi connectivity index (χ4n) is 3.84. The lowest BCUT2D eigenvalue weighted by atomic mass is 9.88. The van der Waals surface area contributed by atoms with Gasteiger partial charge in [0.25, 0.3) is 5.91 Å². The molecular weight excluding hydrogens is 318 g/mol. The summed E-state index contributed by atoms with van der Waals surface area (Å²) in [5.41, 5.74) is 1.52. The maximum atomic E-state index is 12.6. The molecule has 2 N–H and O–H groups in total. The molecule has 0 aromatic heterocycles. The van der Waals surface area contributed by atoms with Gasteiger partial charge in [0, 0.05) is 0 Å². The van der Waals surface area contributed by atoms with Crippen molar-refractivity contribution in [3.05, 3.63) is 35.4 Å². The highest BCUT2D eigenvalue weighted by Gasteiger charge is 2.49. The van der Waals surface area contributed by atoms with Crippen LogP contribution in [0.3, 0.4) is 0 Å². The van der Waals surface area contributed by atoms with Crippen LogP contribution < -0.4 is 10.6 Å². The van der Waals surface area contributed by atoms with E-state index in [4.69, 9.17) is 0 Å². The number of benzene rings is 1. The molecule has 25 heavy (non-hydrogen) atoms. The number of nitrogens with zero attached hydrogens (tertiary/aromatic N) is 1. The van der Waals surface area contributed by atoms with Gasteiger partial charge >= 0.3 is 6.03 Å². The lowest BCUT2D eigenvalue weighted by Crippen LogP contribution is -2.47. The average Bonchev–Trinajstić information content (AvgIpc) is 2.86. The lowest BCUT2D eigenvalue weighted by Gasteiger charge is -2.27. The minimum atomic E-state index is -0.866. The molecule has 1 aromatic carbocycles. The van der Waals surface area contributed by atoms with Crippen molar-refractivity contribution in [2.24, 2.45) is 0 Å². The number of nitrogens with one attached hydrogen (secondary N) is 2. The Hall–Kier alpha value is -2.37. The summed E-state index contributed by atoms with van der Waals surface area (Å²) in [5.74, 6) is -0.602. The van der Waals surface area contributed by atoms with Crippen molar-refractivity contribution in [3.63, 3.8) is 0 Å². The minimum Gasteiger partial charge on any atom is -0.348 e. The van der Waals surface area contributed by atoms with Crippen LogP contribution in [0.2, 0.25) is 0 Å². The van der Waals surface area contributed by atoms with Crippen LogP contribution in [-0.4, -0.2) is 34.8 Å². The number of fused-ring (bicyclic) bond motifs is 1. The third-order valence-electron chi connectivity index (χ3n) is 5.46. The van der Waals surface area contributed by atoms with E-state index in [0.29, 0.717) is 12.8 Å². The van der Waals surface area contributed by atoms with Gasteiger partial charge in [-0.15, -0.1) is 0 Å². The van der Waals surface area contributed by atoms with Crippen LogP contribution in [-0.2, 0) is 16.0 Å².